The van der Waals surface area contributed by atoms with Gasteiger partial charge in [0.15, 0.2) is 0 Å². The highest BCUT2D eigenvalue weighted by Gasteiger charge is 2.22. The summed E-state index contributed by atoms with van der Waals surface area (Å²) < 4.78 is 1.05. The van der Waals surface area contributed by atoms with Crippen LogP contribution in [0.25, 0.3) is 0 Å². The van der Waals surface area contributed by atoms with Crippen LogP contribution in [0, 0.1) is 5.92 Å². The molecule has 70 valence electrons. The fourth-order valence-electron chi connectivity index (χ4n) is 1.40. The quantitative estimate of drug-likeness (QED) is 0.808. The van der Waals surface area contributed by atoms with Gasteiger partial charge in [0.05, 0.1) is 11.9 Å². The largest absolute Gasteiger partial charge is 0.373 e. The molecular formula is C10H13BrN2. The predicted octanol–water partition coefficient (Wildman–Crippen LogP) is 2.69. The van der Waals surface area contributed by atoms with Crippen molar-refractivity contribution in [3.8, 4) is 0 Å². The molecule has 2 nitrogen and oxygen atoms in total. The Morgan fingerprint density at radius 3 is 2.92 bits per heavy atom. The molecule has 1 heterocycles. The summed E-state index contributed by atoms with van der Waals surface area (Å²) in [6, 6.07) is 2.11. The Morgan fingerprint density at radius 2 is 2.31 bits per heavy atom. The number of aromatic nitrogens is 1. The number of rotatable bonds is 3. The van der Waals surface area contributed by atoms with Crippen LogP contribution < -0.4 is 4.90 Å². The van der Waals surface area contributed by atoms with Gasteiger partial charge in [0.1, 0.15) is 0 Å². The van der Waals surface area contributed by atoms with Gasteiger partial charge >= 0.3 is 0 Å². The fourth-order valence-corrected chi connectivity index (χ4v) is 1.76. The molecule has 2 rings (SSSR count). The molecular weight excluding hydrogens is 228 g/mol. The van der Waals surface area contributed by atoms with Crippen molar-refractivity contribution in [2.24, 2.45) is 5.92 Å². The van der Waals surface area contributed by atoms with E-state index in [4.69, 9.17) is 0 Å². The maximum absolute atomic E-state index is 4.14. The molecule has 0 unspecified atom stereocenters. The van der Waals surface area contributed by atoms with Gasteiger partial charge in [-0.3, -0.25) is 4.98 Å². The molecule has 0 N–H and O–H groups in total. The Morgan fingerprint density at radius 1 is 1.54 bits per heavy atom. The molecule has 0 saturated heterocycles. The van der Waals surface area contributed by atoms with Crippen LogP contribution in [0.4, 0.5) is 5.69 Å². The highest BCUT2D eigenvalue weighted by Crippen LogP contribution is 2.31. The molecule has 0 atom stereocenters. The second-order valence-corrected chi connectivity index (χ2v) is 4.60. The first-order valence-electron chi connectivity index (χ1n) is 4.57. The lowest BCUT2D eigenvalue weighted by Gasteiger charge is -2.18. The molecule has 0 spiro atoms. The van der Waals surface area contributed by atoms with Crippen molar-refractivity contribution in [2.45, 2.75) is 12.8 Å². The number of halogens is 1. The number of hydrogen-bond acceptors (Lipinski definition) is 2. The monoisotopic (exact) mass is 240 g/mol. The van der Waals surface area contributed by atoms with Crippen LogP contribution in [0.5, 0.6) is 0 Å². The van der Waals surface area contributed by atoms with Crippen molar-refractivity contribution in [2.75, 3.05) is 18.5 Å². The average molecular weight is 241 g/mol. The zero-order chi connectivity index (χ0) is 9.26. The maximum Gasteiger partial charge on any atom is 0.0561 e. The summed E-state index contributed by atoms with van der Waals surface area (Å²) in [7, 11) is 2.13. The topological polar surface area (TPSA) is 16.1 Å². The smallest absolute Gasteiger partial charge is 0.0561 e. The van der Waals surface area contributed by atoms with E-state index in [9.17, 15) is 0 Å². The molecule has 0 aromatic carbocycles. The van der Waals surface area contributed by atoms with Crippen LogP contribution in [0.2, 0.25) is 0 Å². The number of hydrogen-bond donors (Lipinski definition) is 0. The molecule has 1 aliphatic rings. The van der Waals surface area contributed by atoms with E-state index < -0.39 is 0 Å². The van der Waals surface area contributed by atoms with E-state index in [-0.39, 0.29) is 0 Å². The maximum atomic E-state index is 4.14. The van der Waals surface area contributed by atoms with Gasteiger partial charge in [0.2, 0.25) is 0 Å². The van der Waals surface area contributed by atoms with Crippen LogP contribution in [0.3, 0.4) is 0 Å². The molecule has 1 saturated carbocycles. The standard InChI is InChI=1S/C10H13BrN2/c1-13(7-8-2-3-8)10-4-9(11)5-12-6-10/h4-6,8H,2-3,7H2,1H3. The third-order valence-corrected chi connectivity index (χ3v) is 2.79. The molecule has 1 fully saturated rings. The van der Waals surface area contributed by atoms with Gasteiger partial charge in [-0.25, -0.2) is 0 Å². The zero-order valence-electron chi connectivity index (χ0n) is 7.70. The van der Waals surface area contributed by atoms with Gasteiger partial charge in [-0.15, -0.1) is 0 Å². The van der Waals surface area contributed by atoms with E-state index in [0.717, 1.165) is 16.9 Å². The first-order valence-corrected chi connectivity index (χ1v) is 5.36. The lowest BCUT2D eigenvalue weighted by atomic mass is 10.3. The molecule has 0 bridgehead atoms. The van der Waals surface area contributed by atoms with E-state index in [1.54, 1.807) is 0 Å². The van der Waals surface area contributed by atoms with Gasteiger partial charge < -0.3 is 4.90 Å². The molecule has 13 heavy (non-hydrogen) atoms. The van der Waals surface area contributed by atoms with Crippen molar-refractivity contribution >= 4 is 21.6 Å². The lowest BCUT2D eigenvalue weighted by Crippen LogP contribution is -2.19. The predicted molar refractivity (Wildman–Crippen MR) is 57.9 cm³/mol. The Bertz CT molecular complexity index is 297. The minimum Gasteiger partial charge on any atom is -0.373 e. The molecule has 1 aromatic rings. The van der Waals surface area contributed by atoms with E-state index in [1.807, 2.05) is 12.4 Å². The van der Waals surface area contributed by atoms with Crippen LogP contribution in [-0.4, -0.2) is 18.6 Å². The summed E-state index contributed by atoms with van der Waals surface area (Å²) >= 11 is 3.42. The van der Waals surface area contributed by atoms with Crippen LogP contribution >= 0.6 is 15.9 Å². The summed E-state index contributed by atoms with van der Waals surface area (Å²) in [5.74, 6) is 0.920. The molecule has 1 aliphatic carbocycles. The SMILES string of the molecule is CN(CC1CC1)c1cncc(Br)c1. The fraction of sp³-hybridized carbons (Fsp3) is 0.500. The first-order chi connectivity index (χ1) is 6.25. The minimum absolute atomic E-state index is 0.920. The van der Waals surface area contributed by atoms with Crippen LogP contribution in [-0.2, 0) is 0 Å². The highest BCUT2D eigenvalue weighted by atomic mass is 79.9. The van der Waals surface area contributed by atoms with Crippen LogP contribution in [0.15, 0.2) is 22.9 Å². The number of anilines is 1. The van der Waals surface area contributed by atoms with Gasteiger partial charge in [0, 0.05) is 24.3 Å². The van der Waals surface area contributed by atoms with Crippen LogP contribution in [0.1, 0.15) is 12.8 Å². The summed E-state index contributed by atoms with van der Waals surface area (Å²) in [6.07, 6.45) is 6.51. The number of pyridine rings is 1. The molecule has 1 aromatic heterocycles. The van der Waals surface area contributed by atoms with Crippen molar-refractivity contribution in [1.82, 2.24) is 4.98 Å². The third-order valence-electron chi connectivity index (χ3n) is 2.36. The van der Waals surface area contributed by atoms with E-state index >= 15 is 0 Å². The normalized spacial score (nSPS) is 15.8. The summed E-state index contributed by atoms with van der Waals surface area (Å²) in [6.45, 7) is 1.16. The third kappa shape index (κ3) is 2.44. The first kappa shape index (κ1) is 9.00. The molecule has 0 amide bonds. The Balaban J connectivity index is 2.04. The molecule has 3 heteroatoms. The second-order valence-electron chi connectivity index (χ2n) is 3.69. The Labute approximate surface area is 87.1 Å². The van der Waals surface area contributed by atoms with Gasteiger partial charge in [-0.05, 0) is 40.8 Å². The van der Waals surface area contributed by atoms with Gasteiger partial charge in [-0.2, -0.15) is 0 Å². The van der Waals surface area contributed by atoms with Crippen molar-refractivity contribution < 1.29 is 0 Å². The lowest BCUT2D eigenvalue weighted by molar-refractivity contribution is 0.785. The van der Waals surface area contributed by atoms with Crippen molar-refractivity contribution in [1.29, 1.82) is 0 Å². The molecule has 0 radical (unpaired) electrons. The number of nitrogens with zero attached hydrogens (tertiary/aromatic N) is 2. The summed E-state index contributed by atoms with van der Waals surface area (Å²) in [4.78, 5) is 6.42. The summed E-state index contributed by atoms with van der Waals surface area (Å²) in [5.41, 5.74) is 1.20. The minimum atomic E-state index is 0.920. The van der Waals surface area contributed by atoms with Gasteiger partial charge in [0.25, 0.3) is 0 Å². The summed E-state index contributed by atoms with van der Waals surface area (Å²) in [5, 5.41) is 0. The zero-order valence-corrected chi connectivity index (χ0v) is 9.29. The molecule has 0 aliphatic heterocycles. The average Bonchev–Trinajstić information content (AvgIpc) is 2.88. The highest BCUT2D eigenvalue weighted by molar-refractivity contribution is 9.10. The Kier molecular flexibility index (Phi) is 2.54. The van der Waals surface area contributed by atoms with Crippen molar-refractivity contribution in [3.05, 3.63) is 22.9 Å². The van der Waals surface area contributed by atoms with E-state index in [0.29, 0.717) is 0 Å². The van der Waals surface area contributed by atoms with Crippen molar-refractivity contribution in [3.63, 3.8) is 0 Å². The Hall–Kier alpha value is -0.570. The van der Waals surface area contributed by atoms with E-state index in [1.165, 1.54) is 18.5 Å². The second kappa shape index (κ2) is 3.66. The van der Waals surface area contributed by atoms with Gasteiger partial charge in [-0.1, -0.05) is 0 Å². The van der Waals surface area contributed by atoms with E-state index in [2.05, 4.69) is 38.9 Å².